The van der Waals surface area contributed by atoms with E-state index in [1.54, 1.807) is 45.0 Å². The summed E-state index contributed by atoms with van der Waals surface area (Å²) in [6.45, 7) is 12.7. The van der Waals surface area contributed by atoms with Crippen molar-refractivity contribution < 1.29 is 57.9 Å². The van der Waals surface area contributed by atoms with Gasteiger partial charge in [0, 0.05) is 36.6 Å². The van der Waals surface area contributed by atoms with Crippen molar-refractivity contribution >= 4 is 35.0 Å². The number of aliphatic imine (C=N–C) groups is 1. The number of hydrazine groups is 1. The minimum absolute atomic E-state index is 0.00401. The van der Waals surface area contributed by atoms with Gasteiger partial charge in [-0.2, -0.15) is 0 Å². The van der Waals surface area contributed by atoms with Crippen molar-refractivity contribution in [2.45, 2.75) is 142 Å². The van der Waals surface area contributed by atoms with Gasteiger partial charge in [0.05, 0.1) is 37.1 Å². The van der Waals surface area contributed by atoms with Crippen molar-refractivity contribution in [3.05, 3.63) is 35.4 Å². The number of Topliss-reactive ketones (excluding diaryl/α,β-unsaturated/α-hetero) is 1. The van der Waals surface area contributed by atoms with Gasteiger partial charge < -0.3 is 43.6 Å². The molecule has 58 heavy (non-hydrogen) atoms. The maximum absolute atomic E-state index is 14.4. The number of nitrogens with one attached hydrogen (secondary N) is 1. The van der Waals surface area contributed by atoms with Crippen molar-refractivity contribution in [3.63, 3.8) is 0 Å². The first-order valence-corrected chi connectivity index (χ1v) is 19.9. The first kappa shape index (κ1) is 47.0. The second-order valence-electron chi connectivity index (χ2n) is 16.5. The minimum Gasteiger partial charge on any atom is -0.459 e. The molecule has 2 amide bonds. The number of nitrogens with zero attached hydrogens (tertiary/aromatic N) is 3. The van der Waals surface area contributed by atoms with E-state index in [2.05, 4.69) is 15.6 Å². The van der Waals surface area contributed by atoms with E-state index >= 15 is 0 Å². The summed E-state index contributed by atoms with van der Waals surface area (Å²) in [7, 11) is 3.70. The van der Waals surface area contributed by atoms with E-state index < -0.39 is 83.2 Å². The molecule has 1 aromatic rings. The number of carbonyl (C=O) groups is 4. The molecular weight excluding hydrogens is 754 g/mol. The molecule has 3 aliphatic heterocycles. The smallest absolute Gasteiger partial charge is 0.316 e. The highest BCUT2D eigenvalue weighted by Gasteiger charge is 2.51. The van der Waals surface area contributed by atoms with Crippen molar-refractivity contribution in [3.8, 4) is 0 Å². The fourth-order valence-corrected chi connectivity index (χ4v) is 8.05. The highest BCUT2D eigenvalue weighted by atomic mass is 16.7. The molecule has 0 aromatic heterocycles. The van der Waals surface area contributed by atoms with E-state index in [1.165, 1.54) is 20.8 Å². The van der Waals surface area contributed by atoms with Crippen LogP contribution in [0.3, 0.4) is 0 Å². The van der Waals surface area contributed by atoms with E-state index in [0.29, 0.717) is 23.3 Å². The molecule has 1 aromatic carbocycles. The molecule has 3 saturated heterocycles. The summed E-state index contributed by atoms with van der Waals surface area (Å²) in [6.07, 6.45) is -5.24. The minimum atomic E-state index is -1.85. The lowest BCUT2D eigenvalue weighted by Crippen LogP contribution is -2.59. The topological polar surface area (TPSA) is 230 Å². The van der Waals surface area contributed by atoms with Gasteiger partial charge in [0.1, 0.15) is 36.0 Å². The second kappa shape index (κ2) is 20.1. The predicted molar refractivity (Wildman–Crippen MR) is 212 cm³/mol. The molecule has 324 valence electrons. The quantitative estimate of drug-likeness (QED) is 0.0972. The van der Waals surface area contributed by atoms with Gasteiger partial charge in [-0.15, -0.1) is 0 Å². The number of ketones is 1. The highest BCUT2D eigenvalue weighted by molar-refractivity contribution is 6.00. The van der Waals surface area contributed by atoms with Crippen molar-refractivity contribution in [2.24, 2.45) is 33.7 Å². The van der Waals surface area contributed by atoms with Crippen LogP contribution in [0.5, 0.6) is 0 Å². The summed E-state index contributed by atoms with van der Waals surface area (Å²) >= 11 is 0. The number of hydrogen-bond acceptors (Lipinski definition) is 15. The summed E-state index contributed by atoms with van der Waals surface area (Å²) in [6, 6.07) is 6.23. The summed E-state index contributed by atoms with van der Waals surface area (Å²) < 4.78 is 32.1. The van der Waals surface area contributed by atoms with Crippen LogP contribution < -0.4 is 11.3 Å². The normalized spacial score (nSPS) is 37.1. The molecule has 12 atom stereocenters. The Morgan fingerprint density at radius 3 is 2.36 bits per heavy atom. The maximum atomic E-state index is 14.4. The number of benzene rings is 1. The summed E-state index contributed by atoms with van der Waals surface area (Å²) in [5, 5.41) is 28.2. The lowest BCUT2D eigenvalue weighted by Gasteiger charge is -2.47. The van der Waals surface area contributed by atoms with Crippen LogP contribution >= 0.6 is 0 Å². The zero-order valence-corrected chi connectivity index (χ0v) is 35.4. The number of fused-ring (bicyclic) bond motifs is 5. The number of ether oxygens (including phenoxy) is 5. The van der Waals surface area contributed by atoms with Gasteiger partial charge in [-0.3, -0.25) is 24.6 Å². The Hall–Kier alpha value is -3.68. The second-order valence-corrected chi connectivity index (χ2v) is 16.5. The van der Waals surface area contributed by atoms with Crippen molar-refractivity contribution in [1.82, 2.24) is 10.3 Å². The molecule has 2 bridgehead atoms. The lowest BCUT2D eigenvalue weighted by atomic mass is 9.76. The fourth-order valence-electron chi connectivity index (χ4n) is 8.05. The van der Waals surface area contributed by atoms with Crippen molar-refractivity contribution in [1.29, 1.82) is 0 Å². The highest BCUT2D eigenvalue weighted by Crippen LogP contribution is 2.39. The number of aliphatic hydroxyl groups excluding tert-OH is 1. The van der Waals surface area contributed by atoms with Crippen LogP contribution in [0.4, 0.5) is 0 Å². The summed E-state index contributed by atoms with van der Waals surface area (Å²) in [4.78, 5) is 64.8. The predicted octanol–water partition coefficient (Wildman–Crippen LogP) is 2.48. The number of nitrogens with two attached hydrogens (primary N) is 1. The Balaban J connectivity index is 1.88. The van der Waals surface area contributed by atoms with E-state index in [-0.39, 0.29) is 56.9 Å². The molecule has 5 N–H and O–H groups in total. The van der Waals surface area contributed by atoms with Crippen LogP contribution in [0.1, 0.15) is 97.0 Å². The molecular formula is C41H63N5O12. The van der Waals surface area contributed by atoms with Gasteiger partial charge in [0.15, 0.2) is 12.1 Å². The Kier molecular flexibility index (Phi) is 16.2. The largest absolute Gasteiger partial charge is 0.459 e. The van der Waals surface area contributed by atoms with Gasteiger partial charge in [0.2, 0.25) is 5.91 Å². The van der Waals surface area contributed by atoms with Crippen LogP contribution in [-0.2, 0) is 49.5 Å². The van der Waals surface area contributed by atoms with Gasteiger partial charge in [-0.1, -0.05) is 38.1 Å². The van der Waals surface area contributed by atoms with Crippen LogP contribution in [0.25, 0.3) is 0 Å². The van der Waals surface area contributed by atoms with Gasteiger partial charge in [0.25, 0.3) is 5.91 Å². The Bertz CT molecular complexity index is 1670. The average molecular weight is 818 g/mol. The van der Waals surface area contributed by atoms with Crippen molar-refractivity contribution in [2.75, 3.05) is 27.3 Å². The molecule has 4 rings (SSSR count). The summed E-state index contributed by atoms with van der Waals surface area (Å²) in [5.74, 6) is 0.142. The number of hydrogen-bond donors (Lipinski definition) is 4. The number of oxime groups is 1. The number of nitrogen functional groups attached to an aromatic ring is 1. The van der Waals surface area contributed by atoms with Gasteiger partial charge >= 0.3 is 5.97 Å². The number of cyclic esters (lactones) is 1. The number of rotatable bonds is 8. The Morgan fingerprint density at radius 1 is 1.09 bits per heavy atom. The average Bonchev–Trinajstić information content (AvgIpc) is 3.19. The standard InChI is InChI=1S/C41H63N5O12/c1-11-32-41(8,52)33-17-30(43-26(6)47)22(2)18-40(7,54-21-29(20-53-33)45-55-19-27-12-14-28(15-13-27)37(50)44-42)36(24(4)34(48)25(5)38(51)57-32)58-39-35(49)31(46(9)10)16-23(3)56-39/h12-15,22-25,31-33,35-36,39,49,52H,11,16-21,42H2,1-10H3,(H,44,50)/b43-30?,45-29-/t22-,23-,24+,25-,31+,32+,33+,35-,36-,39+,40-,41-/m1/s1. The van der Waals surface area contributed by atoms with Crippen LogP contribution in [0.2, 0.25) is 0 Å². The van der Waals surface area contributed by atoms with Gasteiger partial charge in [-0.25, -0.2) is 10.8 Å². The monoisotopic (exact) mass is 817 g/mol. The third kappa shape index (κ3) is 11.3. The maximum Gasteiger partial charge on any atom is 0.316 e. The van der Waals surface area contributed by atoms with Crippen LogP contribution in [0.15, 0.2) is 34.4 Å². The van der Waals surface area contributed by atoms with Gasteiger partial charge in [-0.05, 0) is 84.7 Å². The molecule has 0 spiro atoms. The van der Waals surface area contributed by atoms with E-state index in [0.717, 1.165) is 0 Å². The van der Waals surface area contributed by atoms with E-state index in [4.69, 9.17) is 34.4 Å². The number of amides is 2. The molecule has 0 saturated carbocycles. The third-order valence-corrected chi connectivity index (χ3v) is 11.5. The molecule has 0 aliphatic carbocycles. The number of esters is 1. The Morgan fingerprint density at radius 2 is 1.76 bits per heavy atom. The Labute approximate surface area is 340 Å². The lowest BCUT2D eigenvalue weighted by molar-refractivity contribution is -0.296. The number of carbonyl (C=O) groups excluding carboxylic acids is 4. The SMILES string of the molecule is CC[C@@H]1OC(=O)[C@H](C)C(=O)[C@H](C)[C@@H](O[C@@H]2O[C@H](C)C[C@H](N(C)C)[C@H]2O)[C@@]2(C)C[C@@H](C)C(=NC(C)=O)C[C@H](OC/C(=N/OCc3ccc(C(=O)NN)cc3)CO2)[C@]1(C)O. The molecule has 0 radical (unpaired) electrons. The van der Waals surface area contributed by atoms with E-state index in [1.807, 2.05) is 32.8 Å². The first-order valence-electron chi connectivity index (χ1n) is 19.9. The number of aliphatic hydroxyl groups is 2. The van der Waals surface area contributed by atoms with Crippen LogP contribution in [-0.4, -0.2) is 131 Å². The molecule has 3 heterocycles. The summed E-state index contributed by atoms with van der Waals surface area (Å²) in [5.41, 5.74) is 0.526. The zero-order valence-electron chi connectivity index (χ0n) is 35.4. The van der Waals surface area contributed by atoms with Crippen LogP contribution in [0, 0.1) is 17.8 Å². The zero-order chi connectivity index (χ0) is 43.1. The molecule has 3 fully saturated rings. The third-order valence-electron chi connectivity index (χ3n) is 11.5. The fraction of sp³-hybridized carbons (Fsp3) is 0.707. The molecule has 0 unspecified atom stereocenters. The van der Waals surface area contributed by atoms with E-state index in [9.17, 15) is 29.4 Å². The molecule has 17 heteroatoms. The molecule has 3 aliphatic rings. The molecule has 17 nitrogen and oxygen atoms in total. The first-order chi connectivity index (χ1) is 27.2. The number of likely N-dealkylation sites (N-methyl/N-ethyl adjacent to an activating group) is 1.